The normalized spacial score (nSPS) is 11.4. The lowest BCUT2D eigenvalue weighted by Crippen LogP contribution is -2.25. The highest BCUT2D eigenvalue weighted by Crippen LogP contribution is 2.28. The Morgan fingerprint density at radius 3 is 2.59 bits per heavy atom. The van der Waals surface area contributed by atoms with E-state index in [0.29, 0.717) is 23.6 Å². The van der Waals surface area contributed by atoms with Crippen molar-refractivity contribution in [3.8, 4) is 5.75 Å². The van der Waals surface area contributed by atoms with Crippen LogP contribution in [0.25, 0.3) is 0 Å². The molecule has 0 unspecified atom stereocenters. The molecule has 2 aromatic heterocycles. The van der Waals surface area contributed by atoms with Gasteiger partial charge in [0.05, 0.1) is 4.92 Å². The number of nitrogens with one attached hydrogen (secondary N) is 1. The number of aryl methyl sites for hydroxylation is 2. The Hall–Kier alpha value is -3.83. The van der Waals surface area contributed by atoms with E-state index in [-0.39, 0.29) is 31.1 Å². The number of benzene rings is 1. The summed E-state index contributed by atoms with van der Waals surface area (Å²) in [5.74, 6) is 0.364. The van der Waals surface area contributed by atoms with Gasteiger partial charge in [0.25, 0.3) is 11.6 Å². The van der Waals surface area contributed by atoms with Crippen LogP contribution in [0, 0.1) is 17.0 Å². The van der Waals surface area contributed by atoms with Crippen LogP contribution in [0.2, 0.25) is 0 Å². The van der Waals surface area contributed by atoms with Crippen LogP contribution in [-0.4, -0.2) is 27.2 Å². The van der Waals surface area contributed by atoms with E-state index in [1.54, 1.807) is 6.07 Å². The molecule has 1 amide bonds. The largest absolute Gasteiger partial charge is 0.486 e. The van der Waals surface area contributed by atoms with Crippen molar-refractivity contribution in [3.05, 3.63) is 75.5 Å². The van der Waals surface area contributed by atoms with Gasteiger partial charge in [0, 0.05) is 30.9 Å². The molecule has 12 heteroatoms. The number of ether oxygens (including phenoxy) is 1. The zero-order valence-electron chi connectivity index (χ0n) is 16.9. The van der Waals surface area contributed by atoms with Crippen molar-refractivity contribution in [3.63, 3.8) is 0 Å². The number of rotatable bonds is 9. The molecular formula is C20H19F3N4O5. The highest BCUT2D eigenvalue weighted by atomic mass is 19.4. The van der Waals surface area contributed by atoms with Gasteiger partial charge in [0.1, 0.15) is 18.1 Å². The molecule has 170 valence electrons. The van der Waals surface area contributed by atoms with E-state index in [1.807, 2.05) is 0 Å². The second-order valence-corrected chi connectivity index (χ2v) is 6.81. The van der Waals surface area contributed by atoms with Gasteiger partial charge in [0.15, 0.2) is 11.5 Å². The number of carbonyl (C=O) groups is 1. The van der Waals surface area contributed by atoms with Crippen molar-refractivity contribution in [2.45, 2.75) is 32.7 Å². The number of alkyl halides is 3. The number of nitro groups is 1. The maximum absolute atomic E-state index is 12.7. The number of halogens is 3. The Morgan fingerprint density at radius 2 is 1.97 bits per heavy atom. The van der Waals surface area contributed by atoms with E-state index in [0.717, 1.165) is 6.07 Å². The number of furan rings is 1. The number of hydrogen-bond donors (Lipinski definition) is 1. The maximum Gasteiger partial charge on any atom is 0.435 e. The van der Waals surface area contributed by atoms with E-state index >= 15 is 0 Å². The molecule has 2 heterocycles. The standard InChI is InChI=1S/C20H19F3N4O5/c1-13-11-18(20(21,22)23)25-26(13)10-2-9-24-19(28)17-8-7-16(32-17)12-31-15-5-3-14(4-6-15)27(29)30/h3-8,11H,2,9-10,12H2,1H3,(H,24,28). The van der Waals surface area contributed by atoms with Gasteiger partial charge in [-0.05, 0) is 43.7 Å². The smallest absolute Gasteiger partial charge is 0.435 e. The van der Waals surface area contributed by atoms with Crippen molar-refractivity contribution < 1.29 is 32.0 Å². The SMILES string of the molecule is Cc1cc(C(F)(F)F)nn1CCCNC(=O)c1ccc(COc2ccc([N+](=O)[O-])cc2)o1. The molecule has 0 radical (unpaired) electrons. The van der Waals surface area contributed by atoms with E-state index in [4.69, 9.17) is 9.15 Å². The van der Waals surface area contributed by atoms with Crippen molar-refractivity contribution >= 4 is 11.6 Å². The fourth-order valence-corrected chi connectivity index (χ4v) is 2.79. The van der Waals surface area contributed by atoms with Crippen LogP contribution in [0.15, 0.2) is 46.9 Å². The van der Waals surface area contributed by atoms with Crippen LogP contribution in [0.3, 0.4) is 0 Å². The molecule has 3 aromatic rings. The summed E-state index contributed by atoms with van der Waals surface area (Å²) >= 11 is 0. The summed E-state index contributed by atoms with van der Waals surface area (Å²) in [6, 6.07) is 9.53. The molecule has 0 aliphatic carbocycles. The Morgan fingerprint density at radius 1 is 1.25 bits per heavy atom. The fourth-order valence-electron chi connectivity index (χ4n) is 2.79. The molecule has 3 rings (SSSR count). The van der Waals surface area contributed by atoms with Gasteiger partial charge >= 0.3 is 6.18 Å². The van der Waals surface area contributed by atoms with E-state index < -0.39 is 22.7 Å². The Bertz CT molecular complexity index is 1090. The van der Waals surface area contributed by atoms with Crippen molar-refractivity contribution in [2.75, 3.05) is 6.54 Å². The summed E-state index contributed by atoms with van der Waals surface area (Å²) in [5, 5.41) is 16.8. The molecule has 32 heavy (non-hydrogen) atoms. The van der Waals surface area contributed by atoms with Gasteiger partial charge in [-0.3, -0.25) is 19.6 Å². The zero-order valence-corrected chi connectivity index (χ0v) is 16.9. The minimum absolute atomic E-state index is 0.0191. The van der Waals surface area contributed by atoms with Crippen molar-refractivity contribution in [1.82, 2.24) is 15.1 Å². The quantitative estimate of drug-likeness (QED) is 0.297. The summed E-state index contributed by atoms with van der Waals surface area (Å²) in [4.78, 5) is 22.3. The Labute approximate surface area is 179 Å². The summed E-state index contributed by atoms with van der Waals surface area (Å²) in [6.07, 6.45) is -4.12. The first-order valence-electron chi connectivity index (χ1n) is 9.49. The number of nitro benzene ring substituents is 1. The van der Waals surface area contributed by atoms with E-state index in [1.165, 1.54) is 41.9 Å². The average molecular weight is 452 g/mol. The lowest BCUT2D eigenvalue weighted by Gasteiger charge is -2.06. The predicted molar refractivity (Wildman–Crippen MR) is 105 cm³/mol. The number of aromatic nitrogens is 2. The number of amides is 1. The highest BCUT2D eigenvalue weighted by molar-refractivity contribution is 5.91. The molecule has 0 aliphatic heterocycles. The third kappa shape index (κ3) is 5.86. The first-order valence-corrected chi connectivity index (χ1v) is 9.49. The molecule has 1 aromatic carbocycles. The summed E-state index contributed by atoms with van der Waals surface area (Å²) in [5.41, 5.74) is -0.622. The first kappa shape index (κ1) is 22.8. The highest BCUT2D eigenvalue weighted by Gasteiger charge is 2.34. The van der Waals surface area contributed by atoms with Crippen LogP contribution in [0.4, 0.5) is 18.9 Å². The molecule has 0 aliphatic rings. The molecule has 0 fully saturated rings. The second-order valence-electron chi connectivity index (χ2n) is 6.81. The Balaban J connectivity index is 1.43. The molecule has 1 N–H and O–H groups in total. The topological polar surface area (TPSA) is 112 Å². The predicted octanol–water partition coefficient (Wildman–Crippen LogP) is 4.11. The first-order chi connectivity index (χ1) is 15.1. The monoisotopic (exact) mass is 452 g/mol. The molecule has 0 atom stereocenters. The van der Waals surface area contributed by atoms with Crippen LogP contribution in [0.1, 0.15) is 34.1 Å². The average Bonchev–Trinajstić information content (AvgIpc) is 3.36. The second kappa shape index (κ2) is 9.54. The molecule has 9 nitrogen and oxygen atoms in total. The minimum atomic E-state index is -4.50. The van der Waals surface area contributed by atoms with Gasteiger partial charge in [-0.15, -0.1) is 0 Å². The lowest BCUT2D eigenvalue weighted by molar-refractivity contribution is -0.384. The van der Waals surface area contributed by atoms with Gasteiger partial charge in [-0.1, -0.05) is 0 Å². The summed E-state index contributed by atoms with van der Waals surface area (Å²) < 4.78 is 50.2. The zero-order chi connectivity index (χ0) is 23.3. The van der Waals surface area contributed by atoms with Gasteiger partial charge in [0.2, 0.25) is 0 Å². The molecular weight excluding hydrogens is 433 g/mol. The van der Waals surface area contributed by atoms with E-state index in [9.17, 15) is 28.1 Å². The van der Waals surface area contributed by atoms with Gasteiger partial charge in [-0.25, -0.2) is 0 Å². The fraction of sp³-hybridized carbons (Fsp3) is 0.300. The van der Waals surface area contributed by atoms with Crippen LogP contribution in [-0.2, 0) is 19.3 Å². The number of hydrogen-bond acceptors (Lipinski definition) is 6. The number of carbonyl (C=O) groups excluding carboxylic acids is 1. The number of nitrogens with zero attached hydrogens (tertiary/aromatic N) is 3. The maximum atomic E-state index is 12.7. The summed E-state index contributed by atoms with van der Waals surface area (Å²) in [7, 11) is 0. The van der Waals surface area contributed by atoms with Gasteiger partial charge < -0.3 is 14.5 Å². The Kier molecular flexibility index (Phi) is 6.81. The van der Waals surface area contributed by atoms with Crippen molar-refractivity contribution in [2.24, 2.45) is 0 Å². The van der Waals surface area contributed by atoms with Crippen LogP contribution >= 0.6 is 0 Å². The molecule has 0 saturated carbocycles. The number of non-ortho nitro benzene ring substituents is 1. The molecule has 0 bridgehead atoms. The molecule has 0 spiro atoms. The van der Waals surface area contributed by atoms with Crippen molar-refractivity contribution in [1.29, 1.82) is 0 Å². The molecule has 0 saturated heterocycles. The minimum Gasteiger partial charge on any atom is -0.486 e. The van der Waals surface area contributed by atoms with Crippen LogP contribution in [0.5, 0.6) is 5.75 Å². The van der Waals surface area contributed by atoms with Crippen LogP contribution < -0.4 is 10.1 Å². The third-order valence-corrected chi connectivity index (χ3v) is 4.42. The lowest BCUT2D eigenvalue weighted by atomic mass is 10.3. The summed E-state index contributed by atoms with van der Waals surface area (Å²) in [6.45, 7) is 1.98. The third-order valence-electron chi connectivity index (χ3n) is 4.42. The van der Waals surface area contributed by atoms with Gasteiger partial charge in [-0.2, -0.15) is 18.3 Å². The van der Waals surface area contributed by atoms with E-state index in [2.05, 4.69) is 10.4 Å².